The van der Waals surface area contributed by atoms with E-state index in [0.717, 1.165) is 35.5 Å². The summed E-state index contributed by atoms with van der Waals surface area (Å²) in [6.07, 6.45) is 13.9. The first-order valence-corrected chi connectivity index (χ1v) is 7.80. The van der Waals surface area contributed by atoms with Gasteiger partial charge in [0.15, 0.2) is 5.43 Å². The van der Waals surface area contributed by atoms with E-state index < -0.39 is 0 Å². The van der Waals surface area contributed by atoms with Crippen molar-refractivity contribution >= 4 is 20.6 Å². The Morgan fingerprint density at radius 3 is 2.67 bits per heavy atom. The fraction of sp³-hybridized carbons (Fsp3) is 0.500. The number of hydrogen-bond acceptors (Lipinski definition) is 1. The first-order valence-electron chi connectivity index (χ1n) is 7.80. The van der Waals surface area contributed by atoms with E-state index in [0.29, 0.717) is 0 Å². The molecule has 0 fully saturated rings. The summed E-state index contributed by atoms with van der Waals surface area (Å²) in [5.74, 6) is 0. The molecule has 0 N–H and O–H groups in total. The van der Waals surface area contributed by atoms with Crippen LogP contribution in [0, 0.1) is 6.92 Å². The number of nitrogens with zero attached hydrogens (tertiary/aromatic N) is 1. The zero-order valence-corrected chi connectivity index (χ0v) is 13.5. The van der Waals surface area contributed by atoms with Gasteiger partial charge in [-0.25, -0.2) is 0 Å². The summed E-state index contributed by atoms with van der Waals surface area (Å²) in [6.45, 7) is 7.28. The molecular weight excluding hydrogens is 257 g/mol. The first kappa shape index (κ1) is 17.5. The Balaban J connectivity index is 0.000000510. The third-order valence-electron chi connectivity index (χ3n) is 3.80. The molecule has 21 heavy (non-hydrogen) atoms. The number of allylic oxidation sites excluding steroid dienone is 2. The Labute approximate surface area is 129 Å². The minimum Gasteiger partial charge on any atom is -0.344 e. The van der Waals surface area contributed by atoms with Crippen LogP contribution in [0.4, 0.5) is 0 Å². The van der Waals surface area contributed by atoms with Gasteiger partial charge in [0, 0.05) is 31.4 Å². The van der Waals surface area contributed by atoms with Crippen molar-refractivity contribution in [2.24, 2.45) is 0 Å². The zero-order chi connectivity index (χ0) is 14.5. The summed E-state index contributed by atoms with van der Waals surface area (Å²) < 4.78 is 2.35. The van der Waals surface area contributed by atoms with Crippen molar-refractivity contribution in [2.75, 3.05) is 0 Å². The van der Waals surface area contributed by atoms with Crippen molar-refractivity contribution in [3.8, 4) is 0 Å². The fourth-order valence-electron chi connectivity index (χ4n) is 2.88. The van der Waals surface area contributed by atoms with Crippen LogP contribution in [-0.4, -0.2) is 13.0 Å². The van der Waals surface area contributed by atoms with Crippen molar-refractivity contribution in [3.63, 3.8) is 0 Å². The topological polar surface area (TPSA) is 22.0 Å². The number of rotatable bonds is 0. The first-order chi connectivity index (χ1) is 9.70. The van der Waals surface area contributed by atoms with Crippen LogP contribution in [-0.2, 0) is 13.0 Å². The average Bonchev–Trinajstić information content (AvgIpc) is 2.71. The normalized spacial score (nSPS) is 15.0. The van der Waals surface area contributed by atoms with E-state index >= 15 is 0 Å². The minimum absolute atomic E-state index is 0. The predicted octanol–water partition coefficient (Wildman–Crippen LogP) is 2.05. The van der Waals surface area contributed by atoms with E-state index in [1.54, 1.807) is 0 Å². The van der Waals surface area contributed by atoms with Crippen molar-refractivity contribution in [3.05, 3.63) is 44.2 Å². The molecule has 111 valence electrons. The van der Waals surface area contributed by atoms with Gasteiger partial charge in [0.05, 0.1) is 5.35 Å². The van der Waals surface area contributed by atoms with Crippen LogP contribution < -0.4 is 16.0 Å². The lowest BCUT2D eigenvalue weighted by Gasteiger charge is -2.22. The Morgan fingerprint density at radius 1 is 1.24 bits per heavy atom. The van der Waals surface area contributed by atoms with E-state index in [4.69, 9.17) is 0 Å². The van der Waals surface area contributed by atoms with Crippen LogP contribution in [0.15, 0.2) is 16.9 Å². The van der Waals surface area contributed by atoms with Gasteiger partial charge in [-0.05, 0) is 38.7 Å². The highest BCUT2D eigenvalue weighted by Crippen LogP contribution is 2.12. The van der Waals surface area contributed by atoms with E-state index in [-0.39, 0.29) is 13.8 Å². The molecule has 1 aromatic rings. The predicted molar refractivity (Wildman–Crippen MR) is 92.0 cm³/mol. The molecule has 3 rings (SSSR count). The lowest BCUT2D eigenvalue weighted by Crippen LogP contribution is -2.48. The quantitative estimate of drug-likeness (QED) is 0.668. The minimum atomic E-state index is 0. The number of pyridine rings is 1. The van der Waals surface area contributed by atoms with Crippen LogP contribution in [0.2, 0.25) is 0 Å². The summed E-state index contributed by atoms with van der Waals surface area (Å²) in [5.41, 5.74) is 2.43. The summed E-state index contributed by atoms with van der Waals surface area (Å²) >= 11 is 0. The molecule has 0 saturated carbocycles. The second-order valence-electron chi connectivity index (χ2n) is 5.55. The highest BCUT2D eigenvalue weighted by Gasteiger charge is 2.14. The van der Waals surface area contributed by atoms with Crippen molar-refractivity contribution < 1.29 is 0 Å². The fourth-order valence-corrected chi connectivity index (χ4v) is 2.88. The summed E-state index contributed by atoms with van der Waals surface area (Å²) in [4.78, 5) is 12.3. The van der Waals surface area contributed by atoms with Gasteiger partial charge in [0.1, 0.15) is 0 Å². The average molecular weight is 282 g/mol. The molecule has 2 aliphatic rings. The van der Waals surface area contributed by atoms with Crippen molar-refractivity contribution in [2.45, 2.75) is 59.4 Å². The Hall–Kier alpha value is -1.51. The molecule has 0 saturated heterocycles. The number of aromatic nitrogens is 1. The molecule has 0 spiro atoms. The Bertz CT molecular complexity index is 683. The van der Waals surface area contributed by atoms with Crippen LogP contribution in [0.1, 0.15) is 50.8 Å². The molecule has 1 aromatic heterocycles. The molecule has 2 heterocycles. The van der Waals surface area contributed by atoms with Gasteiger partial charge in [-0.15, -0.1) is 0 Å². The monoisotopic (exact) mass is 282 g/mol. The zero-order valence-electron chi connectivity index (χ0n) is 13.5. The van der Waals surface area contributed by atoms with Gasteiger partial charge < -0.3 is 4.57 Å². The van der Waals surface area contributed by atoms with Crippen LogP contribution in [0.3, 0.4) is 0 Å². The van der Waals surface area contributed by atoms with Crippen LogP contribution in [0.25, 0.3) is 12.2 Å². The van der Waals surface area contributed by atoms with E-state index in [2.05, 4.69) is 42.7 Å². The summed E-state index contributed by atoms with van der Waals surface area (Å²) in [7, 11) is 0. The van der Waals surface area contributed by atoms with Crippen molar-refractivity contribution in [1.29, 1.82) is 0 Å². The largest absolute Gasteiger partial charge is 0.344 e. The maximum atomic E-state index is 12.3. The molecular formula is C18H25BNO. The van der Waals surface area contributed by atoms with Crippen LogP contribution >= 0.6 is 0 Å². The van der Waals surface area contributed by atoms with Gasteiger partial charge >= 0.3 is 0 Å². The van der Waals surface area contributed by atoms with E-state index in [9.17, 15) is 4.79 Å². The number of fused-ring (bicyclic) bond motifs is 3. The summed E-state index contributed by atoms with van der Waals surface area (Å²) in [6, 6.07) is 0. The lowest BCUT2D eigenvalue weighted by molar-refractivity contribution is 0.508. The molecule has 2 nitrogen and oxygen atoms in total. The molecule has 0 amide bonds. The van der Waals surface area contributed by atoms with E-state index in [1.807, 2.05) is 6.92 Å². The SMILES string of the molecule is CCC.Cc1c2n(c3c(c1=O)=CCC=CC=3)CCCC2.[B]. The smallest absolute Gasteiger partial charge is 0.192 e. The third kappa shape index (κ3) is 3.58. The van der Waals surface area contributed by atoms with Gasteiger partial charge in [0.2, 0.25) is 0 Å². The van der Waals surface area contributed by atoms with Gasteiger partial charge in [-0.1, -0.05) is 38.5 Å². The molecule has 0 bridgehead atoms. The number of hydrogen-bond donors (Lipinski definition) is 0. The van der Waals surface area contributed by atoms with Gasteiger partial charge in [-0.2, -0.15) is 0 Å². The molecule has 1 aliphatic heterocycles. The summed E-state index contributed by atoms with van der Waals surface area (Å²) in [5, 5.41) is 2.02. The van der Waals surface area contributed by atoms with Gasteiger partial charge in [-0.3, -0.25) is 4.79 Å². The molecule has 3 radical (unpaired) electrons. The molecule has 0 aromatic carbocycles. The van der Waals surface area contributed by atoms with Crippen molar-refractivity contribution in [1.82, 2.24) is 4.57 Å². The molecule has 0 unspecified atom stereocenters. The molecule has 0 atom stereocenters. The highest BCUT2D eigenvalue weighted by molar-refractivity contribution is 5.75. The Morgan fingerprint density at radius 2 is 1.95 bits per heavy atom. The second-order valence-corrected chi connectivity index (χ2v) is 5.55. The maximum absolute atomic E-state index is 12.3. The Kier molecular flexibility index (Phi) is 6.74. The molecule has 1 aliphatic carbocycles. The molecule has 3 heteroatoms. The van der Waals surface area contributed by atoms with E-state index in [1.165, 1.54) is 25.0 Å². The third-order valence-corrected chi connectivity index (χ3v) is 3.80. The van der Waals surface area contributed by atoms with Crippen LogP contribution in [0.5, 0.6) is 0 Å². The maximum Gasteiger partial charge on any atom is 0.192 e. The highest BCUT2D eigenvalue weighted by atomic mass is 16.1. The second kappa shape index (κ2) is 8.06. The lowest BCUT2D eigenvalue weighted by atomic mass is 10.0. The van der Waals surface area contributed by atoms with Gasteiger partial charge in [0.25, 0.3) is 0 Å². The standard InChI is InChI=1S/C15H17NO.C3H8.B/c1-11-13-8-5-6-10-16(13)14-9-4-2-3-7-12(14)15(11)17;1-3-2;/h2,4,7,9H,3,5-6,8,10H2,1H3;3H2,1-2H3;.